The zero-order valence-corrected chi connectivity index (χ0v) is 11.0. The molecule has 17 heavy (non-hydrogen) atoms. The number of hydrogen-bond donors (Lipinski definition) is 1. The van der Waals surface area contributed by atoms with Crippen LogP contribution in [0.5, 0.6) is 0 Å². The maximum absolute atomic E-state index is 8.75. The highest BCUT2D eigenvalue weighted by molar-refractivity contribution is 8.14. The van der Waals surface area contributed by atoms with Crippen molar-refractivity contribution in [3.8, 4) is 6.07 Å². The van der Waals surface area contributed by atoms with Crippen LogP contribution in [-0.4, -0.2) is 17.5 Å². The van der Waals surface area contributed by atoms with Gasteiger partial charge in [-0.1, -0.05) is 30.3 Å². The summed E-state index contributed by atoms with van der Waals surface area (Å²) in [6.07, 6.45) is 0. The van der Waals surface area contributed by atoms with Gasteiger partial charge >= 0.3 is 0 Å². The molecule has 1 aliphatic rings. The molecule has 0 spiro atoms. The Morgan fingerprint density at radius 2 is 2.41 bits per heavy atom. The van der Waals surface area contributed by atoms with Gasteiger partial charge in [0.2, 0.25) is 0 Å². The summed E-state index contributed by atoms with van der Waals surface area (Å²) < 4.78 is 0. The highest BCUT2D eigenvalue weighted by Gasteiger charge is 2.13. The lowest BCUT2D eigenvalue weighted by Gasteiger charge is -2.18. The number of amidine groups is 1. The van der Waals surface area contributed by atoms with E-state index in [4.69, 9.17) is 16.9 Å². The molecular formula is C12H12ClN3S. The molecule has 5 heteroatoms. The second-order valence-electron chi connectivity index (χ2n) is 3.99. The van der Waals surface area contributed by atoms with Gasteiger partial charge in [0.05, 0.1) is 22.3 Å². The van der Waals surface area contributed by atoms with E-state index in [1.165, 1.54) is 0 Å². The second-order valence-corrected chi connectivity index (χ2v) is 5.41. The number of nitrogens with zero attached hydrogens (tertiary/aromatic N) is 2. The van der Waals surface area contributed by atoms with E-state index < -0.39 is 0 Å². The Bertz CT molecular complexity index is 493. The summed E-state index contributed by atoms with van der Waals surface area (Å²) in [5, 5.41) is 13.4. The van der Waals surface area contributed by atoms with Crippen LogP contribution in [0.2, 0.25) is 5.02 Å². The number of halogens is 1. The van der Waals surface area contributed by atoms with Gasteiger partial charge in [-0.25, -0.2) is 0 Å². The van der Waals surface area contributed by atoms with Crippen molar-refractivity contribution in [2.45, 2.75) is 6.92 Å². The van der Waals surface area contributed by atoms with Crippen LogP contribution in [-0.2, 0) is 0 Å². The lowest BCUT2D eigenvalue weighted by Crippen LogP contribution is -2.18. The van der Waals surface area contributed by atoms with Crippen molar-refractivity contribution in [3.63, 3.8) is 0 Å². The number of rotatable bonds is 1. The summed E-state index contributed by atoms with van der Waals surface area (Å²) in [7, 11) is 0. The van der Waals surface area contributed by atoms with Crippen molar-refractivity contribution < 1.29 is 0 Å². The summed E-state index contributed by atoms with van der Waals surface area (Å²) in [6.45, 7) is 3.03. The third-order valence-corrected chi connectivity index (χ3v) is 3.94. The van der Waals surface area contributed by atoms with Gasteiger partial charge in [-0.3, -0.25) is 4.99 Å². The maximum atomic E-state index is 8.75. The Balaban J connectivity index is 2.12. The van der Waals surface area contributed by atoms with Gasteiger partial charge in [0.15, 0.2) is 5.17 Å². The molecule has 0 aromatic heterocycles. The first-order valence-corrected chi connectivity index (χ1v) is 6.69. The fourth-order valence-corrected chi connectivity index (χ4v) is 2.56. The van der Waals surface area contributed by atoms with Gasteiger partial charge in [0.25, 0.3) is 0 Å². The zero-order valence-electron chi connectivity index (χ0n) is 9.40. The largest absolute Gasteiger partial charge is 0.334 e. The summed E-state index contributed by atoms with van der Waals surface area (Å²) >= 11 is 7.78. The summed E-state index contributed by atoms with van der Waals surface area (Å²) in [4.78, 5) is 4.43. The highest BCUT2D eigenvalue weighted by Crippen LogP contribution is 2.25. The molecule has 0 amide bonds. The fourth-order valence-electron chi connectivity index (χ4n) is 1.44. The molecule has 3 nitrogen and oxygen atoms in total. The van der Waals surface area contributed by atoms with Crippen LogP contribution in [0.3, 0.4) is 0 Å². The zero-order chi connectivity index (χ0) is 12.3. The highest BCUT2D eigenvalue weighted by atomic mass is 35.5. The molecule has 1 atom stereocenters. The molecule has 0 saturated heterocycles. The average molecular weight is 266 g/mol. The first-order chi connectivity index (χ1) is 8.19. The Morgan fingerprint density at radius 3 is 3.00 bits per heavy atom. The molecule has 1 aliphatic heterocycles. The number of nitriles is 1. The topological polar surface area (TPSA) is 48.2 Å². The average Bonchev–Trinajstić information content (AvgIpc) is 2.34. The summed E-state index contributed by atoms with van der Waals surface area (Å²) in [6, 6.07) is 7.26. The van der Waals surface area contributed by atoms with Crippen LogP contribution in [0.1, 0.15) is 12.5 Å². The molecule has 1 aromatic carbocycles. The number of nitrogens with one attached hydrogen (secondary N) is 1. The monoisotopic (exact) mass is 265 g/mol. The maximum Gasteiger partial charge on any atom is 0.161 e. The molecule has 0 fully saturated rings. The Labute approximate surface area is 110 Å². The number of anilines is 1. The van der Waals surface area contributed by atoms with E-state index in [0.717, 1.165) is 23.2 Å². The molecule has 2 rings (SSSR count). The van der Waals surface area contributed by atoms with Gasteiger partial charge < -0.3 is 5.32 Å². The minimum atomic E-state index is 0.547. The summed E-state index contributed by atoms with van der Waals surface area (Å²) in [5.41, 5.74) is 1.36. The smallest absolute Gasteiger partial charge is 0.161 e. The molecule has 1 heterocycles. The van der Waals surface area contributed by atoms with Gasteiger partial charge in [0.1, 0.15) is 0 Å². The van der Waals surface area contributed by atoms with Gasteiger partial charge in [-0.05, 0) is 24.1 Å². The van der Waals surface area contributed by atoms with E-state index in [1.807, 2.05) is 6.07 Å². The van der Waals surface area contributed by atoms with Crippen LogP contribution >= 0.6 is 23.4 Å². The molecule has 0 saturated carbocycles. The molecule has 0 aliphatic carbocycles. The minimum Gasteiger partial charge on any atom is -0.334 e. The van der Waals surface area contributed by atoms with Crippen LogP contribution in [0.4, 0.5) is 5.69 Å². The van der Waals surface area contributed by atoms with E-state index >= 15 is 0 Å². The SMILES string of the molecule is CC1CN=C(Nc2ccc(C#N)cc2Cl)SC1. The first kappa shape index (κ1) is 12.3. The van der Waals surface area contributed by atoms with Crippen molar-refractivity contribution >= 4 is 34.2 Å². The van der Waals surface area contributed by atoms with Crippen LogP contribution in [0.25, 0.3) is 0 Å². The Morgan fingerprint density at radius 1 is 1.59 bits per heavy atom. The van der Waals surface area contributed by atoms with E-state index in [-0.39, 0.29) is 0 Å². The van der Waals surface area contributed by atoms with Gasteiger partial charge in [-0.15, -0.1) is 0 Å². The van der Waals surface area contributed by atoms with Crippen molar-refractivity contribution in [1.82, 2.24) is 0 Å². The van der Waals surface area contributed by atoms with E-state index in [0.29, 0.717) is 16.5 Å². The van der Waals surface area contributed by atoms with Crippen LogP contribution in [0, 0.1) is 17.2 Å². The Hall–Kier alpha value is -1.18. The Kier molecular flexibility index (Phi) is 3.93. The van der Waals surface area contributed by atoms with Crippen LogP contribution in [0.15, 0.2) is 23.2 Å². The van der Waals surface area contributed by atoms with Crippen molar-refractivity contribution in [2.24, 2.45) is 10.9 Å². The predicted octanol–water partition coefficient (Wildman–Crippen LogP) is 3.36. The van der Waals surface area contributed by atoms with Gasteiger partial charge in [-0.2, -0.15) is 5.26 Å². The number of aliphatic imine (C=N–C) groups is 1. The molecule has 88 valence electrons. The van der Waals surface area contributed by atoms with E-state index in [2.05, 4.69) is 23.3 Å². The lowest BCUT2D eigenvalue weighted by atomic mass is 10.2. The van der Waals surface area contributed by atoms with E-state index in [1.54, 1.807) is 23.9 Å². The standard InChI is InChI=1S/C12H12ClN3S/c1-8-6-15-12(17-7-8)16-11-3-2-9(5-14)4-10(11)13/h2-4,8H,6-7H2,1H3,(H,15,16). The molecule has 1 unspecified atom stereocenters. The first-order valence-electron chi connectivity index (χ1n) is 5.33. The number of hydrogen-bond acceptors (Lipinski definition) is 4. The fraction of sp³-hybridized carbons (Fsp3) is 0.333. The number of benzene rings is 1. The molecular weight excluding hydrogens is 254 g/mol. The van der Waals surface area contributed by atoms with Gasteiger partial charge in [0, 0.05) is 12.3 Å². The normalized spacial score (nSPS) is 19.4. The quantitative estimate of drug-likeness (QED) is 0.847. The van der Waals surface area contributed by atoms with Crippen molar-refractivity contribution in [3.05, 3.63) is 28.8 Å². The van der Waals surface area contributed by atoms with Crippen molar-refractivity contribution in [1.29, 1.82) is 5.26 Å². The lowest BCUT2D eigenvalue weighted by molar-refractivity contribution is 0.674. The third kappa shape index (κ3) is 3.15. The van der Waals surface area contributed by atoms with Crippen molar-refractivity contribution in [2.75, 3.05) is 17.6 Å². The summed E-state index contributed by atoms with van der Waals surface area (Å²) in [5.74, 6) is 1.70. The molecule has 1 aromatic rings. The third-order valence-electron chi connectivity index (χ3n) is 2.39. The van der Waals surface area contributed by atoms with Crippen LogP contribution < -0.4 is 5.32 Å². The van der Waals surface area contributed by atoms with E-state index in [9.17, 15) is 0 Å². The molecule has 0 radical (unpaired) electrons. The number of thioether (sulfide) groups is 1. The predicted molar refractivity (Wildman–Crippen MR) is 73.7 cm³/mol. The molecule has 1 N–H and O–H groups in total. The second kappa shape index (κ2) is 5.44. The minimum absolute atomic E-state index is 0.547. The molecule has 0 bridgehead atoms.